The van der Waals surface area contributed by atoms with Crippen molar-refractivity contribution in [2.45, 2.75) is 32.1 Å². The molecule has 2 aliphatic carbocycles. The zero-order valence-corrected chi connectivity index (χ0v) is 12.4. The molecule has 5 nitrogen and oxygen atoms in total. The highest BCUT2D eigenvalue weighted by molar-refractivity contribution is 7.80. The van der Waals surface area contributed by atoms with Crippen LogP contribution in [0.3, 0.4) is 0 Å². The van der Waals surface area contributed by atoms with Crippen molar-refractivity contribution in [3.63, 3.8) is 0 Å². The monoisotopic (exact) mass is 292 g/mol. The highest BCUT2D eigenvalue weighted by Gasteiger charge is 2.40. The average Bonchev–Trinajstić information content (AvgIpc) is 3.06. The van der Waals surface area contributed by atoms with Crippen LogP contribution in [0.5, 0.6) is 0 Å². The highest BCUT2D eigenvalue weighted by atomic mass is 32.1. The normalized spacial score (nSPS) is 27.8. The van der Waals surface area contributed by atoms with E-state index >= 15 is 0 Å². The molecule has 2 fully saturated rings. The van der Waals surface area contributed by atoms with Gasteiger partial charge in [-0.1, -0.05) is 18.6 Å². The van der Waals surface area contributed by atoms with Crippen LogP contribution in [0.1, 0.15) is 37.7 Å². The number of nitrogens with one attached hydrogen (secondary N) is 1. The maximum absolute atomic E-state index is 12.2. The van der Waals surface area contributed by atoms with Crippen LogP contribution in [0.4, 0.5) is 5.82 Å². The second kappa shape index (κ2) is 5.16. The number of rotatable bonds is 4. The lowest BCUT2D eigenvalue weighted by molar-refractivity contribution is -0.117. The van der Waals surface area contributed by atoms with Crippen LogP contribution in [0.2, 0.25) is 0 Å². The van der Waals surface area contributed by atoms with Crippen molar-refractivity contribution in [1.29, 1.82) is 0 Å². The van der Waals surface area contributed by atoms with Gasteiger partial charge in [0.15, 0.2) is 0 Å². The Bertz CT molecular complexity index is 553. The van der Waals surface area contributed by atoms with Crippen LogP contribution < -0.4 is 11.1 Å². The van der Waals surface area contributed by atoms with Crippen LogP contribution in [0.15, 0.2) is 6.20 Å². The van der Waals surface area contributed by atoms with E-state index in [9.17, 15) is 4.79 Å². The van der Waals surface area contributed by atoms with Crippen molar-refractivity contribution in [2.75, 3.05) is 5.32 Å². The second-order valence-electron chi connectivity index (χ2n) is 6.08. The molecule has 0 aromatic carbocycles. The number of carbonyl (C=O) groups excluding carboxylic acids is 1. The molecule has 3 unspecified atom stereocenters. The van der Waals surface area contributed by atoms with Crippen LogP contribution in [-0.2, 0) is 11.8 Å². The quantitative estimate of drug-likeness (QED) is 0.830. The fourth-order valence-corrected chi connectivity index (χ4v) is 3.96. The number of amides is 1. The van der Waals surface area contributed by atoms with Gasteiger partial charge in [0.25, 0.3) is 0 Å². The summed E-state index contributed by atoms with van der Waals surface area (Å²) < 4.78 is 1.60. The average molecular weight is 292 g/mol. The number of fused-ring (bicyclic) bond motifs is 2. The van der Waals surface area contributed by atoms with Gasteiger partial charge < -0.3 is 11.1 Å². The van der Waals surface area contributed by atoms with Crippen molar-refractivity contribution >= 4 is 28.9 Å². The standard InChI is InChI=1S/C14H20N4OS/c1-18-14(11(7-16-18)13(15)20)17-12(19)6-10-5-8-2-3-9(10)4-8/h7-10H,2-6H2,1H3,(H2,15,20)(H,17,19). The molecule has 1 amide bonds. The minimum Gasteiger partial charge on any atom is -0.389 e. The van der Waals surface area contributed by atoms with Gasteiger partial charge in [0.1, 0.15) is 10.8 Å². The van der Waals surface area contributed by atoms with Gasteiger partial charge in [-0.2, -0.15) is 5.10 Å². The Labute approximate surface area is 123 Å². The summed E-state index contributed by atoms with van der Waals surface area (Å²) in [5.74, 6) is 2.82. The summed E-state index contributed by atoms with van der Waals surface area (Å²) in [6, 6.07) is 0. The number of carbonyl (C=O) groups is 1. The molecule has 2 saturated carbocycles. The predicted molar refractivity (Wildman–Crippen MR) is 81.3 cm³/mol. The molecular weight excluding hydrogens is 272 g/mol. The Morgan fingerprint density at radius 1 is 1.55 bits per heavy atom. The number of hydrogen-bond donors (Lipinski definition) is 2. The van der Waals surface area contributed by atoms with Gasteiger partial charge >= 0.3 is 0 Å². The molecule has 2 aliphatic rings. The molecule has 3 rings (SSSR count). The van der Waals surface area contributed by atoms with E-state index in [0.29, 0.717) is 23.7 Å². The first-order chi connectivity index (χ1) is 9.54. The van der Waals surface area contributed by atoms with Gasteiger partial charge in [-0.3, -0.25) is 9.48 Å². The summed E-state index contributed by atoms with van der Waals surface area (Å²) in [6.07, 6.45) is 7.38. The first kappa shape index (κ1) is 13.5. The Balaban J connectivity index is 1.64. The minimum absolute atomic E-state index is 0.0450. The molecule has 1 heterocycles. The molecule has 3 atom stereocenters. The van der Waals surface area contributed by atoms with Crippen molar-refractivity contribution in [1.82, 2.24) is 9.78 Å². The molecule has 1 aromatic rings. The van der Waals surface area contributed by atoms with Crippen LogP contribution in [-0.4, -0.2) is 20.7 Å². The van der Waals surface area contributed by atoms with Crippen LogP contribution in [0, 0.1) is 17.8 Å². The third-order valence-corrected chi connectivity index (χ3v) is 5.01. The van der Waals surface area contributed by atoms with E-state index in [2.05, 4.69) is 10.4 Å². The van der Waals surface area contributed by atoms with Gasteiger partial charge in [0, 0.05) is 13.5 Å². The maximum Gasteiger partial charge on any atom is 0.225 e. The summed E-state index contributed by atoms with van der Waals surface area (Å²) in [4.78, 5) is 12.5. The molecule has 0 radical (unpaired) electrons. The summed E-state index contributed by atoms with van der Waals surface area (Å²) in [6.45, 7) is 0. The van der Waals surface area contributed by atoms with E-state index in [1.54, 1.807) is 17.9 Å². The smallest absolute Gasteiger partial charge is 0.225 e. The first-order valence-corrected chi connectivity index (χ1v) is 7.57. The summed E-state index contributed by atoms with van der Waals surface area (Å²) in [5, 5.41) is 7.02. The van der Waals surface area contributed by atoms with E-state index in [1.807, 2.05) is 0 Å². The fraction of sp³-hybridized carbons (Fsp3) is 0.643. The van der Waals surface area contributed by atoms with Gasteiger partial charge in [0.05, 0.1) is 11.8 Å². The molecule has 3 N–H and O–H groups in total. The van der Waals surface area contributed by atoms with Gasteiger partial charge in [0.2, 0.25) is 5.91 Å². The molecule has 20 heavy (non-hydrogen) atoms. The van der Waals surface area contributed by atoms with Crippen LogP contribution in [0.25, 0.3) is 0 Å². The Kier molecular flexibility index (Phi) is 3.50. The highest BCUT2D eigenvalue weighted by Crippen LogP contribution is 2.49. The SMILES string of the molecule is Cn1ncc(C(N)=S)c1NC(=O)CC1CC2CCC1C2. The third-order valence-electron chi connectivity index (χ3n) is 4.79. The molecule has 0 aliphatic heterocycles. The summed E-state index contributed by atoms with van der Waals surface area (Å²) >= 11 is 4.98. The first-order valence-electron chi connectivity index (χ1n) is 7.16. The number of anilines is 1. The Morgan fingerprint density at radius 3 is 2.95 bits per heavy atom. The fourth-order valence-electron chi connectivity index (χ4n) is 3.81. The second-order valence-corrected chi connectivity index (χ2v) is 6.52. The Hall–Kier alpha value is -1.43. The van der Waals surface area contributed by atoms with Crippen LogP contribution >= 0.6 is 12.2 Å². The van der Waals surface area contributed by atoms with Crippen molar-refractivity contribution in [3.8, 4) is 0 Å². The summed E-state index contributed by atoms with van der Waals surface area (Å²) in [5.41, 5.74) is 6.27. The lowest BCUT2D eigenvalue weighted by atomic mass is 9.86. The van der Waals surface area contributed by atoms with E-state index < -0.39 is 0 Å². The van der Waals surface area contributed by atoms with Gasteiger partial charge in [-0.05, 0) is 37.0 Å². The van der Waals surface area contributed by atoms with E-state index in [1.165, 1.54) is 25.7 Å². The number of nitrogens with zero attached hydrogens (tertiary/aromatic N) is 2. The molecule has 1 aromatic heterocycles. The summed E-state index contributed by atoms with van der Waals surface area (Å²) in [7, 11) is 1.77. The largest absolute Gasteiger partial charge is 0.389 e. The van der Waals surface area contributed by atoms with E-state index in [-0.39, 0.29) is 10.9 Å². The maximum atomic E-state index is 12.2. The number of thiocarbonyl (C=S) groups is 1. The predicted octanol–water partition coefficient (Wildman–Crippen LogP) is 1.82. The third kappa shape index (κ3) is 2.44. The van der Waals surface area contributed by atoms with Crippen molar-refractivity contribution < 1.29 is 4.79 Å². The molecule has 6 heteroatoms. The molecule has 2 bridgehead atoms. The molecular formula is C14H20N4OS. The molecule has 0 spiro atoms. The Morgan fingerprint density at radius 2 is 2.35 bits per heavy atom. The topological polar surface area (TPSA) is 72.9 Å². The van der Waals surface area contributed by atoms with Gasteiger partial charge in [-0.15, -0.1) is 0 Å². The molecule has 108 valence electrons. The van der Waals surface area contributed by atoms with E-state index in [0.717, 1.165) is 11.8 Å². The van der Waals surface area contributed by atoms with Crippen molar-refractivity contribution in [3.05, 3.63) is 11.8 Å². The van der Waals surface area contributed by atoms with Gasteiger partial charge in [-0.25, -0.2) is 0 Å². The van der Waals surface area contributed by atoms with Crippen molar-refractivity contribution in [2.24, 2.45) is 30.5 Å². The number of hydrogen-bond acceptors (Lipinski definition) is 3. The minimum atomic E-state index is 0.0450. The number of nitrogens with two attached hydrogens (primary N) is 1. The zero-order chi connectivity index (χ0) is 14.3. The molecule has 0 saturated heterocycles. The zero-order valence-electron chi connectivity index (χ0n) is 11.6. The van der Waals surface area contributed by atoms with E-state index in [4.69, 9.17) is 18.0 Å². The lowest BCUT2D eigenvalue weighted by Gasteiger charge is -2.21. The number of aromatic nitrogens is 2. The lowest BCUT2D eigenvalue weighted by Crippen LogP contribution is -2.23. The number of aryl methyl sites for hydroxylation is 1.